The van der Waals surface area contributed by atoms with Crippen LogP contribution in [0.3, 0.4) is 0 Å². The summed E-state index contributed by atoms with van der Waals surface area (Å²) in [6, 6.07) is -1.63. The average molecular weight is 827 g/mol. The number of carbonyl (C=O) groups excluding carboxylic acids is 5. The number of nitrogens with one attached hydrogen (secondary N) is 7. The molecule has 0 aliphatic rings. The van der Waals surface area contributed by atoms with Gasteiger partial charge < -0.3 is 63.3 Å². The zero-order chi connectivity index (χ0) is 43.6. The predicted octanol–water partition coefficient (Wildman–Crippen LogP) is -0.973. The number of carboxylic acid groups (broad SMARTS) is 3. The third-order valence-corrected chi connectivity index (χ3v) is 9.26. The maximum Gasteiger partial charge on any atom is 0.326 e. The lowest BCUT2D eigenvalue weighted by molar-refractivity contribution is -0.143. The fourth-order valence-electron chi connectivity index (χ4n) is 6.18. The Hall–Kier alpha value is -6.35. The molecule has 3 aromatic rings. The molecule has 2 heterocycles. The van der Waals surface area contributed by atoms with Crippen molar-refractivity contribution in [3.05, 3.63) is 54.2 Å². The number of hydrogen-bond acceptors (Lipinski definition) is 11. The second kappa shape index (κ2) is 23.2. The van der Waals surface area contributed by atoms with Crippen molar-refractivity contribution in [1.29, 1.82) is 0 Å². The lowest BCUT2D eigenvalue weighted by Crippen LogP contribution is -2.60. The lowest BCUT2D eigenvalue weighted by atomic mass is 10.0. The number of benzene rings is 1. The number of nitrogens with zero attached hydrogens (tertiary/aromatic N) is 1. The van der Waals surface area contributed by atoms with Crippen molar-refractivity contribution in [2.24, 2.45) is 17.4 Å². The highest BCUT2D eigenvalue weighted by atomic mass is 16.4. The van der Waals surface area contributed by atoms with Crippen LogP contribution in [0, 0.1) is 5.92 Å². The summed E-state index contributed by atoms with van der Waals surface area (Å²) in [5.74, 6) is -8.94. The van der Waals surface area contributed by atoms with Crippen molar-refractivity contribution >= 4 is 58.3 Å². The molecule has 2 aromatic heterocycles. The van der Waals surface area contributed by atoms with Crippen LogP contribution in [0.15, 0.2) is 43.0 Å². The van der Waals surface area contributed by atoms with Gasteiger partial charge in [0, 0.05) is 48.3 Å². The molecule has 21 nitrogen and oxygen atoms in total. The molecule has 0 aliphatic heterocycles. The van der Waals surface area contributed by atoms with E-state index in [1.54, 1.807) is 44.3 Å². The van der Waals surface area contributed by atoms with Gasteiger partial charge in [0.25, 0.3) is 0 Å². The van der Waals surface area contributed by atoms with Crippen molar-refractivity contribution in [3.8, 4) is 0 Å². The summed E-state index contributed by atoms with van der Waals surface area (Å²) in [6.07, 6.45) is 3.26. The molecule has 0 radical (unpaired) electrons. The number of fused-ring (bicyclic) bond motifs is 1. The zero-order valence-electron chi connectivity index (χ0n) is 32.9. The van der Waals surface area contributed by atoms with Crippen LogP contribution in [-0.4, -0.2) is 121 Å². The molecule has 322 valence electrons. The van der Waals surface area contributed by atoms with E-state index in [1.807, 2.05) is 0 Å². The summed E-state index contributed by atoms with van der Waals surface area (Å²) in [7, 11) is 0. The van der Waals surface area contributed by atoms with Gasteiger partial charge in [0.05, 0.1) is 18.8 Å². The highest BCUT2D eigenvalue weighted by Crippen LogP contribution is 2.20. The van der Waals surface area contributed by atoms with E-state index in [-0.39, 0.29) is 31.6 Å². The second-order valence-corrected chi connectivity index (χ2v) is 14.5. The molecule has 0 spiro atoms. The SMILES string of the molecule is CC(C)C[C@H](NC(=O)[C@H](Cc1cnc[nH]1)NC(=O)[C@H](CCC(=O)O)NC(=O)[C@H](Cc1c[nH]c2ccccc12)NC(=O)[C@H](CC(=O)O)NC(=O)[C@@H](N)CCCCN)C(=O)O. The van der Waals surface area contributed by atoms with E-state index in [2.05, 4.69) is 41.5 Å². The standard InChI is InChI=1S/C38H54N10O11/c1-20(2)13-30(38(58)59)48-36(56)28(15-22-18-41-19-43-22)47-34(54)26(10-11-31(49)50)44-35(55)27(14-21-17-42-25-9-4-3-7-23(21)25)46-37(57)29(16-32(51)52)45-33(53)24(40)8-5-6-12-39/h3-4,7,9,17-20,24,26-30,42H,5-6,8,10-16,39-40H2,1-2H3,(H,41,43)(H,44,55)(H,45,53)(H,46,57)(H,47,54)(H,48,56)(H,49,50)(H,51,52)(H,58,59)/t24-,26-,27-,28-,29-,30-/m0/s1. The molecule has 0 saturated heterocycles. The fraction of sp³-hybridized carbons (Fsp3) is 0.500. The molecule has 14 N–H and O–H groups in total. The number of aliphatic carboxylic acids is 3. The predicted molar refractivity (Wildman–Crippen MR) is 211 cm³/mol. The number of rotatable bonds is 26. The van der Waals surface area contributed by atoms with Crippen LogP contribution in [0.25, 0.3) is 10.9 Å². The first-order valence-electron chi connectivity index (χ1n) is 19.1. The van der Waals surface area contributed by atoms with E-state index in [0.29, 0.717) is 41.5 Å². The molecule has 1 aromatic carbocycles. The summed E-state index contributed by atoms with van der Waals surface area (Å²) in [5, 5.41) is 41.8. The molecule has 5 amide bonds. The van der Waals surface area contributed by atoms with Crippen LogP contribution in [0.2, 0.25) is 0 Å². The normalized spacial score (nSPS) is 14.3. The third-order valence-electron chi connectivity index (χ3n) is 9.26. The molecule has 0 unspecified atom stereocenters. The van der Waals surface area contributed by atoms with Crippen LogP contribution in [-0.2, 0) is 51.2 Å². The van der Waals surface area contributed by atoms with E-state index < -0.39 is 103 Å². The minimum absolute atomic E-state index is 0.0746. The van der Waals surface area contributed by atoms with E-state index in [1.165, 1.54) is 12.5 Å². The Balaban J connectivity index is 1.94. The second-order valence-electron chi connectivity index (χ2n) is 14.5. The van der Waals surface area contributed by atoms with E-state index in [9.17, 15) is 53.7 Å². The minimum atomic E-state index is -1.68. The Morgan fingerprint density at radius 2 is 1.31 bits per heavy atom. The highest BCUT2D eigenvalue weighted by Gasteiger charge is 2.34. The topological polar surface area (TPSA) is 354 Å². The van der Waals surface area contributed by atoms with Gasteiger partial charge in [-0.3, -0.25) is 33.6 Å². The van der Waals surface area contributed by atoms with Crippen molar-refractivity contribution in [2.75, 3.05) is 6.54 Å². The molecule has 0 bridgehead atoms. The Morgan fingerprint density at radius 1 is 0.712 bits per heavy atom. The molecule has 3 rings (SSSR count). The van der Waals surface area contributed by atoms with Crippen molar-refractivity contribution in [1.82, 2.24) is 41.5 Å². The Bertz CT molecular complexity index is 1920. The number of hydrogen-bond donors (Lipinski definition) is 12. The van der Waals surface area contributed by atoms with Crippen molar-refractivity contribution in [3.63, 3.8) is 0 Å². The van der Waals surface area contributed by atoms with Crippen molar-refractivity contribution in [2.45, 2.75) is 108 Å². The number of carbonyl (C=O) groups is 8. The fourth-order valence-corrected chi connectivity index (χ4v) is 6.18. The highest BCUT2D eigenvalue weighted by molar-refractivity contribution is 5.98. The number of unbranched alkanes of at least 4 members (excludes halogenated alkanes) is 1. The summed E-state index contributed by atoms with van der Waals surface area (Å²) in [4.78, 5) is 113. The number of H-pyrrole nitrogens is 2. The molecular weight excluding hydrogens is 772 g/mol. The number of amides is 5. The summed E-state index contributed by atoms with van der Waals surface area (Å²) >= 11 is 0. The number of carboxylic acids is 3. The van der Waals surface area contributed by atoms with Gasteiger partial charge in [-0.25, -0.2) is 9.78 Å². The first-order chi connectivity index (χ1) is 28.0. The number of para-hydroxylation sites is 1. The quantitative estimate of drug-likeness (QED) is 0.0434. The van der Waals surface area contributed by atoms with Gasteiger partial charge in [0.1, 0.15) is 30.2 Å². The lowest BCUT2D eigenvalue weighted by Gasteiger charge is -2.27. The number of imidazole rings is 1. The largest absolute Gasteiger partial charge is 0.481 e. The summed E-state index contributed by atoms with van der Waals surface area (Å²) in [6.45, 7) is 3.89. The van der Waals surface area contributed by atoms with Crippen LogP contribution < -0.4 is 38.1 Å². The molecule has 6 atom stereocenters. The minimum Gasteiger partial charge on any atom is -0.481 e. The zero-order valence-corrected chi connectivity index (χ0v) is 32.9. The Morgan fingerprint density at radius 3 is 1.90 bits per heavy atom. The third kappa shape index (κ3) is 15.5. The van der Waals surface area contributed by atoms with Gasteiger partial charge in [-0.05, 0) is 49.8 Å². The first-order valence-corrected chi connectivity index (χ1v) is 19.1. The first kappa shape index (κ1) is 47.0. The monoisotopic (exact) mass is 826 g/mol. The Kier molecular flexibility index (Phi) is 18.5. The smallest absolute Gasteiger partial charge is 0.326 e. The van der Waals surface area contributed by atoms with E-state index >= 15 is 0 Å². The van der Waals surface area contributed by atoms with Gasteiger partial charge in [-0.15, -0.1) is 0 Å². The molecule has 59 heavy (non-hydrogen) atoms. The molecule has 0 saturated carbocycles. The Labute approximate surface area is 339 Å². The van der Waals surface area contributed by atoms with Gasteiger partial charge in [0.15, 0.2) is 0 Å². The van der Waals surface area contributed by atoms with E-state index in [4.69, 9.17) is 11.5 Å². The maximum atomic E-state index is 14.2. The van der Waals surface area contributed by atoms with Crippen LogP contribution in [0.4, 0.5) is 0 Å². The average Bonchev–Trinajstić information content (AvgIpc) is 3.84. The number of aromatic amines is 2. The maximum absolute atomic E-state index is 14.2. The van der Waals surface area contributed by atoms with Gasteiger partial charge >= 0.3 is 17.9 Å². The van der Waals surface area contributed by atoms with Crippen LogP contribution in [0.1, 0.15) is 70.1 Å². The van der Waals surface area contributed by atoms with E-state index in [0.717, 1.165) is 0 Å². The van der Waals surface area contributed by atoms with Crippen LogP contribution in [0.5, 0.6) is 0 Å². The van der Waals surface area contributed by atoms with Crippen molar-refractivity contribution < 1.29 is 53.7 Å². The molecule has 0 aliphatic carbocycles. The van der Waals surface area contributed by atoms with Gasteiger partial charge in [-0.1, -0.05) is 38.5 Å². The molecule has 21 heteroatoms. The summed E-state index contributed by atoms with van der Waals surface area (Å²) < 4.78 is 0. The number of aromatic nitrogens is 3. The van der Waals surface area contributed by atoms with Gasteiger partial charge in [0.2, 0.25) is 29.5 Å². The van der Waals surface area contributed by atoms with Gasteiger partial charge in [-0.2, -0.15) is 0 Å². The molecular formula is C38H54N10O11. The number of nitrogens with two attached hydrogens (primary N) is 2. The molecule has 0 fully saturated rings. The summed E-state index contributed by atoms with van der Waals surface area (Å²) in [5.41, 5.74) is 13.1. The van der Waals surface area contributed by atoms with Crippen LogP contribution >= 0.6 is 0 Å².